The van der Waals surface area contributed by atoms with Gasteiger partial charge in [-0.2, -0.15) is 5.10 Å². The molecule has 1 aliphatic rings. The number of piperazine rings is 1. The van der Waals surface area contributed by atoms with E-state index in [-0.39, 0.29) is 25.5 Å². The third kappa shape index (κ3) is 2.47. The van der Waals surface area contributed by atoms with Gasteiger partial charge < -0.3 is 15.3 Å². The quantitative estimate of drug-likeness (QED) is 0.667. The molecule has 0 saturated carbocycles. The lowest BCUT2D eigenvalue weighted by Crippen LogP contribution is -2.59. The molecule has 0 radical (unpaired) electrons. The van der Waals surface area contributed by atoms with Crippen molar-refractivity contribution < 1.29 is 19.5 Å². The van der Waals surface area contributed by atoms with E-state index in [2.05, 4.69) is 10.4 Å². The van der Waals surface area contributed by atoms with Crippen molar-refractivity contribution in [3.63, 3.8) is 0 Å². The molecule has 1 saturated heterocycles. The number of carbonyl (C=O) groups is 3. The Hall–Kier alpha value is -2.38. The molecule has 2 heterocycles. The Kier molecular flexibility index (Phi) is 3.26. The number of hydrogen-bond donors (Lipinski definition) is 2. The number of carboxylic acid groups (broad SMARTS) is 1. The third-order valence-corrected chi connectivity index (χ3v) is 2.64. The summed E-state index contributed by atoms with van der Waals surface area (Å²) in [6.07, 6.45) is 3.11. The highest BCUT2D eigenvalue weighted by atomic mass is 16.4. The molecule has 2 N–H and O–H groups in total. The summed E-state index contributed by atoms with van der Waals surface area (Å²) in [5, 5.41) is 15.3. The molecule has 96 valence electrons. The zero-order valence-corrected chi connectivity index (χ0v) is 9.44. The highest BCUT2D eigenvalue weighted by Crippen LogP contribution is 2.06. The topological polar surface area (TPSA) is 105 Å². The standard InChI is InChI=1S/C10H12N4O4/c15-8-5-14(7(4-11-8)10(17)18)9(16)6-13-3-1-2-12-13/h1-3,7H,4-6H2,(H,11,15)(H,17,18). The first-order valence-corrected chi connectivity index (χ1v) is 5.34. The number of nitrogens with zero attached hydrogens (tertiary/aromatic N) is 3. The van der Waals surface area contributed by atoms with E-state index in [0.29, 0.717) is 0 Å². The molecule has 0 bridgehead atoms. The van der Waals surface area contributed by atoms with Crippen LogP contribution in [0.15, 0.2) is 18.5 Å². The molecule has 1 aromatic heterocycles. The lowest BCUT2D eigenvalue weighted by atomic mass is 10.2. The summed E-state index contributed by atoms with van der Waals surface area (Å²) < 4.78 is 1.38. The van der Waals surface area contributed by atoms with E-state index in [4.69, 9.17) is 5.11 Å². The van der Waals surface area contributed by atoms with Gasteiger partial charge in [-0.1, -0.05) is 0 Å². The first-order chi connectivity index (χ1) is 8.58. The minimum atomic E-state index is -1.14. The van der Waals surface area contributed by atoms with Crippen LogP contribution < -0.4 is 5.32 Å². The fourth-order valence-corrected chi connectivity index (χ4v) is 1.75. The molecule has 1 unspecified atom stereocenters. The van der Waals surface area contributed by atoms with Gasteiger partial charge in [0.1, 0.15) is 19.1 Å². The van der Waals surface area contributed by atoms with Gasteiger partial charge in [-0.15, -0.1) is 0 Å². The van der Waals surface area contributed by atoms with Crippen LogP contribution in [-0.4, -0.2) is 56.7 Å². The van der Waals surface area contributed by atoms with E-state index in [0.717, 1.165) is 4.90 Å². The molecule has 18 heavy (non-hydrogen) atoms. The first-order valence-electron chi connectivity index (χ1n) is 5.34. The molecule has 2 amide bonds. The van der Waals surface area contributed by atoms with Crippen molar-refractivity contribution in [3.05, 3.63) is 18.5 Å². The molecule has 1 atom stereocenters. The van der Waals surface area contributed by atoms with Crippen LogP contribution in [0.1, 0.15) is 0 Å². The number of carbonyl (C=O) groups excluding carboxylic acids is 2. The van der Waals surface area contributed by atoms with E-state index >= 15 is 0 Å². The van der Waals surface area contributed by atoms with Gasteiger partial charge in [0, 0.05) is 18.9 Å². The van der Waals surface area contributed by atoms with E-state index in [1.807, 2.05) is 0 Å². The van der Waals surface area contributed by atoms with Gasteiger partial charge >= 0.3 is 5.97 Å². The summed E-state index contributed by atoms with van der Waals surface area (Å²) in [6, 6.07) is 0.635. The number of aliphatic carboxylic acids is 1. The molecular formula is C10H12N4O4. The molecule has 8 nitrogen and oxygen atoms in total. The predicted molar refractivity (Wildman–Crippen MR) is 58.4 cm³/mol. The summed E-state index contributed by atoms with van der Waals surface area (Å²) >= 11 is 0. The largest absolute Gasteiger partial charge is 0.480 e. The average molecular weight is 252 g/mol. The number of rotatable bonds is 3. The summed E-state index contributed by atoms with van der Waals surface area (Å²) in [5.74, 6) is -1.94. The van der Waals surface area contributed by atoms with Gasteiger partial charge in [0.2, 0.25) is 11.8 Å². The SMILES string of the molecule is O=C1CN(C(=O)Cn2cccn2)C(C(=O)O)CN1. The van der Waals surface area contributed by atoms with Gasteiger partial charge in [-0.05, 0) is 6.07 Å². The van der Waals surface area contributed by atoms with Crippen molar-refractivity contribution in [1.82, 2.24) is 20.0 Å². The Morgan fingerprint density at radius 1 is 1.56 bits per heavy atom. The van der Waals surface area contributed by atoms with Crippen molar-refractivity contribution >= 4 is 17.8 Å². The van der Waals surface area contributed by atoms with Crippen molar-refractivity contribution in [1.29, 1.82) is 0 Å². The van der Waals surface area contributed by atoms with Crippen LogP contribution in [-0.2, 0) is 20.9 Å². The number of carboxylic acids is 1. The number of nitrogens with one attached hydrogen (secondary N) is 1. The van der Waals surface area contributed by atoms with Crippen LogP contribution in [0.5, 0.6) is 0 Å². The monoisotopic (exact) mass is 252 g/mol. The fraction of sp³-hybridized carbons (Fsp3) is 0.400. The van der Waals surface area contributed by atoms with Crippen molar-refractivity contribution in [2.24, 2.45) is 0 Å². The zero-order valence-electron chi connectivity index (χ0n) is 9.44. The van der Waals surface area contributed by atoms with Crippen molar-refractivity contribution in [3.8, 4) is 0 Å². The van der Waals surface area contributed by atoms with Gasteiger partial charge in [-0.3, -0.25) is 14.3 Å². The van der Waals surface area contributed by atoms with Crippen LogP contribution >= 0.6 is 0 Å². The molecule has 0 aromatic carbocycles. The summed E-state index contributed by atoms with van der Waals surface area (Å²) in [4.78, 5) is 35.2. The second-order valence-corrected chi connectivity index (χ2v) is 3.88. The van der Waals surface area contributed by atoms with E-state index in [1.54, 1.807) is 12.3 Å². The summed E-state index contributed by atoms with van der Waals surface area (Å²) in [7, 11) is 0. The van der Waals surface area contributed by atoms with Crippen LogP contribution in [0.3, 0.4) is 0 Å². The molecule has 1 fully saturated rings. The number of hydrogen-bond acceptors (Lipinski definition) is 4. The minimum absolute atomic E-state index is 0.0704. The van der Waals surface area contributed by atoms with Crippen molar-refractivity contribution in [2.45, 2.75) is 12.6 Å². The molecule has 8 heteroatoms. The first kappa shape index (κ1) is 12.1. The summed E-state index contributed by atoms with van der Waals surface area (Å²) in [5.41, 5.74) is 0. The normalized spacial score (nSPS) is 19.4. The Morgan fingerprint density at radius 3 is 2.94 bits per heavy atom. The highest BCUT2D eigenvalue weighted by molar-refractivity contribution is 5.91. The Labute approximate surface area is 102 Å². The molecule has 0 aliphatic carbocycles. The number of amides is 2. The molecule has 0 spiro atoms. The zero-order chi connectivity index (χ0) is 13.1. The van der Waals surface area contributed by atoms with Gasteiger partial charge in [0.05, 0.1) is 0 Å². The molecule has 1 aromatic rings. The molecule has 1 aliphatic heterocycles. The van der Waals surface area contributed by atoms with Crippen LogP contribution in [0.25, 0.3) is 0 Å². The smallest absolute Gasteiger partial charge is 0.328 e. The summed E-state index contributed by atoms with van der Waals surface area (Å²) in [6.45, 7) is -0.389. The maximum Gasteiger partial charge on any atom is 0.328 e. The van der Waals surface area contributed by atoms with Crippen LogP contribution in [0.2, 0.25) is 0 Å². The van der Waals surface area contributed by atoms with E-state index < -0.39 is 17.9 Å². The number of aromatic nitrogens is 2. The molecule has 2 rings (SSSR count). The van der Waals surface area contributed by atoms with Crippen molar-refractivity contribution in [2.75, 3.05) is 13.1 Å². The van der Waals surface area contributed by atoms with Crippen LogP contribution in [0.4, 0.5) is 0 Å². The minimum Gasteiger partial charge on any atom is -0.480 e. The highest BCUT2D eigenvalue weighted by Gasteiger charge is 2.35. The van der Waals surface area contributed by atoms with E-state index in [9.17, 15) is 14.4 Å². The average Bonchev–Trinajstić information content (AvgIpc) is 2.81. The Balaban J connectivity index is 2.09. The lowest BCUT2D eigenvalue weighted by Gasteiger charge is -2.32. The Bertz CT molecular complexity index is 470. The Morgan fingerprint density at radius 2 is 2.33 bits per heavy atom. The third-order valence-electron chi connectivity index (χ3n) is 2.64. The van der Waals surface area contributed by atoms with E-state index in [1.165, 1.54) is 10.9 Å². The predicted octanol–water partition coefficient (Wildman–Crippen LogP) is -1.71. The lowest BCUT2D eigenvalue weighted by molar-refractivity contribution is -0.154. The second kappa shape index (κ2) is 4.86. The maximum absolute atomic E-state index is 11.9. The second-order valence-electron chi connectivity index (χ2n) is 3.88. The van der Waals surface area contributed by atoms with Crippen LogP contribution in [0, 0.1) is 0 Å². The van der Waals surface area contributed by atoms with Gasteiger partial charge in [0.25, 0.3) is 0 Å². The molecular weight excluding hydrogens is 240 g/mol. The maximum atomic E-state index is 11.9. The van der Waals surface area contributed by atoms with Gasteiger partial charge in [0.15, 0.2) is 0 Å². The van der Waals surface area contributed by atoms with Gasteiger partial charge in [-0.25, -0.2) is 4.79 Å². The fourth-order valence-electron chi connectivity index (χ4n) is 1.75.